The largest absolute Gasteiger partial charge is 0.355 e. The quantitative estimate of drug-likeness (QED) is 0.177. The van der Waals surface area contributed by atoms with Gasteiger partial charge in [-0.25, -0.2) is 0 Å². The van der Waals surface area contributed by atoms with Crippen LogP contribution in [0.3, 0.4) is 0 Å². The summed E-state index contributed by atoms with van der Waals surface area (Å²) in [7, 11) is 0. The number of nitrogens with one attached hydrogen (secondary N) is 2. The minimum absolute atomic E-state index is 0.0197. The van der Waals surface area contributed by atoms with Crippen LogP contribution in [0.2, 0.25) is 0 Å². The van der Waals surface area contributed by atoms with Gasteiger partial charge >= 0.3 is 0 Å². The average Bonchev–Trinajstić information content (AvgIpc) is 2.75. The van der Waals surface area contributed by atoms with Gasteiger partial charge in [-0.15, -0.1) is 0 Å². The highest BCUT2D eigenvalue weighted by atomic mass is 16.2. The highest BCUT2D eigenvalue weighted by molar-refractivity contribution is 5.87. The highest BCUT2D eigenvalue weighted by Gasteiger charge is 2.37. The van der Waals surface area contributed by atoms with Gasteiger partial charge < -0.3 is 10.6 Å². The predicted molar refractivity (Wildman–Crippen MR) is 136 cm³/mol. The summed E-state index contributed by atoms with van der Waals surface area (Å²) in [6.45, 7) is 14.3. The molecule has 0 heterocycles. The van der Waals surface area contributed by atoms with Crippen molar-refractivity contribution in [2.75, 3.05) is 13.1 Å². The molecule has 0 aromatic rings. The summed E-state index contributed by atoms with van der Waals surface area (Å²) in [6.07, 6.45) is 17.6. The van der Waals surface area contributed by atoms with E-state index in [0.29, 0.717) is 30.8 Å². The molecule has 0 unspecified atom stereocenters. The molecule has 1 aliphatic rings. The van der Waals surface area contributed by atoms with Gasteiger partial charge in [0.1, 0.15) is 0 Å². The van der Waals surface area contributed by atoms with Crippen LogP contribution in [0.15, 0.2) is 24.3 Å². The molecule has 0 saturated carbocycles. The summed E-state index contributed by atoms with van der Waals surface area (Å²) < 4.78 is 0. The third-order valence-electron chi connectivity index (χ3n) is 6.44. The first-order valence-electron chi connectivity index (χ1n) is 13.2. The molecule has 0 fully saturated rings. The zero-order chi connectivity index (χ0) is 23.9. The van der Waals surface area contributed by atoms with E-state index in [1.54, 1.807) is 6.08 Å². The van der Waals surface area contributed by atoms with Gasteiger partial charge in [0.05, 0.1) is 5.92 Å². The summed E-state index contributed by atoms with van der Waals surface area (Å²) in [5, 5.41) is 6.16. The molecule has 184 valence electrons. The molecule has 4 heteroatoms. The zero-order valence-electron chi connectivity index (χ0n) is 21.7. The van der Waals surface area contributed by atoms with Crippen LogP contribution in [0.5, 0.6) is 0 Å². The van der Waals surface area contributed by atoms with Gasteiger partial charge in [-0.05, 0) is 48.5 Å². The number of unbranched alkanes of at least 4 members (excludes halogenated alkanes) is 4. The Kier molecular flexibility index (Phi) is 14.3. The van der Waals surface area contributed by atoms with Crippen molar-refractivity contribution in [1.29, 1.82) is 0 Å². The lowest BCUT2D eigenvalue weighted by Crippen LogP contribution is -2.41. The fraction of sp³-hybridized carbons (Fsp3) is 0.786. The predicted octanol–water partition coefficient (Wildman–Crippen LogP) is 6.28. The van der Waals surface area contributed by atoms with Gasteiger partial charge in [0, 0.05) is 13.1 Å². The van der Waals surface area contributed by atoms with Crippen molar-refractivity contribution >= 4 is 11.8 Å². The summed E-state index contributed by atoms with van der Waals surface area (Å²) in [4.78, 5) is 25.5. The Hall–Kier alpha value is -1.58. The lowest BCUT2D eigenvalue weighted by molar-refractivity contribution is -0.126. The Morgan fingerprint density at radius 3 is 2.03 bits per heavy atom. The van der Waals surface area contributed by atoms with Crippen molar-refractivity contribution in [3.8, 4) is 0 Å². The van der Waals surface area contributed by atoms with Crippen molar-refractivity contribution in [1.82, 2.24) is 10.6 Å². The maximum atomic E-state index is 13.1. The second-order valence-corrected chi connectivity index (χ2v) is 10.4. The number of carbonyl (C=O) groups is 2. The first-order valence-corrected chi connectivity index (χ1v) is 13.2. The molecule has 0 radical (unpaired) electrons. The van der Waals surface area contributed by atoms with E-state index in [4.69, 9.17) is 0 Å². The van der Waals surface area contributed by atoms with Crippen LogP contribution in [-0.4, -0.2) is 24.9 Å². The fourth-order valence-corrected chi connectivity index (χ4v) is 4.56. The third kappa shape index (κ3) is 10.8. The van der Waals surface area contributed by atoms with E-state index in [1.807, 2.05) is 0 Å². The normalized spacial score (nSPS) is 23.2. The first-order chi connectivity index (χ1) is 15.3. The number of hydrogen-bond donors (Lipinski definition) is 2. The van der Waals surface area contributed by atoms with Gasteiger partial charge in [-0.2, -0.15) is 0 Å². The van der Waals surface area contributed by atoms with Crippen LogP contribution >= 0.6 is 0 Å². The van der Waals surface area contributed by atoms with Crippen molar-refractivity contribution in [3.05, 3.63) is 24.3 Å². The molecule has 0 aliphatic heterocycles. The van der Waals surface area contributed by atoms with E-state index in [2.05, 4.69) is 70.4 Å². The van der Waals surface area contributed by atoms with Crippen molar-refractivity contribution in [3.63, 3.8) is 0 Å². The molecule has 0 aromatic carbocycles. The summed E-state index contributed by atoms with van der Waals surface area (Å²) in [6, 6.07) is 0. The highest BCUT2D eigenvalue weighted by Crippen LogP contribution is 2.41. The molecule has 2 N–H and O–H groups in total. The molecule has 4 atom stereocenters. The van der Waals surface area contributed by atoms with Gasteiger partial charge in [0.25, 0.3) is 0 Å². The second kappa shape index (κ2) is 16.1. The first kappa shape index (κ1) is 28.5. The smallest absolute Gasteiger partial charge is 0.243 e. The van der Waals surface area contributed by atoms with E-state index < -0.39 is 0 Å². The van der Waals surface area contributed by atoms with Crippen LogP contribution < -0.4 is 10.6 Å². The van der Waals surface area contributed by atoms with E-state index in [-0.39, 0.29) is 29.6 Å². The number of amides is 2. The van der Waals surface area contributed by atoms with Crippen LogP contribution in [-0.2, 0) is 9.59 Å². The monoisotopic (exact) mass is 446 g/mol. The molecule has 0 aromatic heterocycles. The van der Waals surface area contributed by atoms with Gasteiger partial charge in [-0.1, -0.05) is 98.3 Å². The Labute approximate surface area is 198 Å². The summed E-state index contributed by atoms with van der Waals surface area (Å²) in [5.74, 6) is 1.76. The zero-order valence-corrected chi connectivity index (χ0v) is 21.7. The van der Waals surface area contributed by atoms with Crippen LogP contribution in [0.1, 0.15) is 92.9 Å². The molecule has 0 spiro atoms. The molecule has 32 heavy (non-hydrogen) atoms. The van der Waals surface area contributed by atoms with E-state index >= 15 is 0 Å². The lowest BCUT2D eigenvalue weighted by Gasteiger charge is -2.38. The maximum Gasteiger partial charge on any atom is 0.243 e. The summed E-state index contributed by atoms with van der Waals surface area (Å²) >= 11 is 0. The maximum absolute atomic E-state index is 13.1. The van der Waals surface area contributed by atoms with E-state index in [1.165, 1.54) is 32.1 Å². The fourth-order valence-electron chi connectivity index (χ4n) is 4.56. The molecule has 2 amide bonds. The number of carbonyl (C=O) groups excluding carboxylic acids is 2. The molecule has 1 rings (SSSR count). The van der Waals surface area contributed by atoms with Crippen LogP contribution in [0.4, 0.5) is 0 Å². The molecule has 1 aliphatic carbocycles. The van der Waals surface area contributed by atoms with Gasteiger partial charge in [0.15, 0.2) is 0 Å². The molecular weight excluding hydrogens is 396 g/mol. The minimum atomic E-state index is -0.110. The molecule has 0 saturated heterocycles. The van der Waals surface area contributed by atoms with Crippen molar-refractivity contribution in [2.45, 2.75) is 92.9 Å². The Morgan fingerprint density at radius 1 is 0.844 bits per heavy atom. The second-order valence-electron chi connectivity index (χ2n) is 10.4. The molecular formula is C28H50N2O2. The molecule has 0 bridgehead atoms. The molecule has 4 nitrogen and oxygen atoms in total. The van der Waals surface area contributed by atoms with Crippen molar-refractivity contribution < 1.29 is 9.59 Å². The number of rotatable bonds is 15. The topological polar surface area (TPSA) is 58.2 Å². The Morgan fingerprint density at radius 2 is 1.44 bits per heavy atom. The van der Waals surface area contributed by atoms with Crippen LogP contribution in [0.25, 0.3) is 0 Å². The van der Waals surface area contributed by atoms with Gasteiger partial charge in [0.2, 0.25) is 11.8 Å². The summed E-state index contributed by atoms with van der Waals surface area (Å²) in [5.41, 5.74) is 0. The van der Waals surface area contributed by atoms with Crippen molar-refractivity contribution in [2.24, 2.45) is 35.5 Å². The number of allylic oxidation sites excluding steroid dienone is 2. The Bertz CT molecular complexity index is 594. The minimum Gasteiger partial charge on any atom is -0.355 e. The van der Waals surface area contributed by atoms with Crippen LogP contribution in [0, 0.1) is 35.5 Å². The average molecular weight is 447 g/mol. The third-order valence-corrected chi connectivity index (χ3v) is 6.44. The van der Waals surface area contributed by atoms with E-state index in [9.17, 15) is 9.59 Å². The SMILES string of the molecule is CCCCC[C@H]1[C@H](/C=C/C(=O)NCC(C)C)[C@H](CCCCC)C=C[C@@H]1C(=O)NCC(C)C. The Balaban J connectivity index is 3.09. The standard InChI is InChI=1S/C28H50N2O2/c1-7-9-11-13-23-15-16-26(28(32)30-20-22(5)6)25(14-12-10-8-2)24(23)17-18-27(31)29-19-21(3)4/h15-18,21-26H,7-14,19-20H2,1-6H3,(H,29,31)(H,30,32)/b18-17+/t23-,24-,25+,26+/m1/s1. The van der Waals surface area contributed by atoms with Gasteiger partial charge in [-0.3, -0.25) is 9.59 Å². The number of hydrogen-bond acceptors (Lipinski definition) is 2. The lowest BCUT2D eigenvalue weighted by atomic mass is 9.66. The van der Waals surface area contributed by atoms with E-state index in [0.717, 1.165) is 19.3 Å².